The molecule has 1 heterocycles. The van der Waals surface area contributed by atoms with E-state index in [2.05, 4.69) is 10.3 Å². The monoisotopic (exact) mass is 446 g/mol. The smallest absolute Gasteiger partial charge is 0.238 e. The highest BCUT2D eigenvalue weighted by Crippen LogP contribution is 2.34. The van der Waals surface area contributed by atoms with Crippen molar-refractivity contribution in [1.29, 1.82) is 0 Å². The maximum Gasteiger partial charge on any atom is 0.238 e. The van der Waals surface area contributed by atoms with E-state index in [1.807, 2.05) is 0 Å². The van der Waals surface area contributed by atoms with Gasteiger partial charge in [-0.1, -0.05) is 11.6 Å². The Hall–Kier alpha value is -3.23. The predicted molar refractivity (Wildman–Crippen MR) is 108 cm³/mol. The van der Waals surface area contributed by atoms with Gasteiger partial charge in [-0.05, 0) is 72.8 Å². The first kappa shape index (κ1) is 20.1. The van der Waals surface area contributed by atoms with Gasteiger partial charge in [0, 0.05) is 16.3 Å². The van der Waals surface area contributed by atoms with Gasteiger partial charge in [0.25, 0.3) is 0 Å². The number of anilines is 2. The molecule has 0 unspecified atom stereocenters. The molecule has 0 fully saturated rings. The molecule has 30 heavy (non-hydrogen) atoms. The van der Waals surface area contributed by atoms with Gasteiger partial charge in [0.1, 0.15) is 11.6 Å². The summed E-state index contributed by atoms with van der Waals surface area (Å²) in [7, 11) is -4.14. The number of hydrogen-bond acceptors (Lipinski definition) is 5. The summed E-state index contributed by atoms with van der Waals surface area (Å²) in [5.41, 5.74) is 0.896. The van der Waals surface area contributed by atoms with E-state index >= 15 is 0 Å². The van der Waals surface area contributed by atoms with Gasteiger partial charge in [0.05, 0.1) is 4.90 Å². The fourth-order valence-corrected chi connectivity index (χ4v) is 4.06. The minimum absolute atomic E-state index is 0.0212. The highest BCUT2D eigenvalue weighted by molar-refractivity contribution is 7.91. The Morgan fingerprint density at radius 1 is 0.833 bits per heavy atom. The molecule has 0 spiro atoms. The summed E-state index contributed by atoms with van der Waals surface area (Å²) in [6.45, 7) is 0. The van der Waals surface area contributed by atoms with Crippen molar-refractivity contribution in [3.63, 3.8) is 0 Å². The van der Waals surface area contributed by atoms with Crippen LogP contribution in [0, 0.1) is 11.6 Å². The van der Waals surface area contributed by atoms with Crippen LogP contribution in [0.3, 0.4) is 0 Å². The Bertz CT molecular complexity index is 1290. The molecule has 0 saturated heterocycles. The lowest BCUT2D eigenvalue weighted by Gasteiger charge is -2.06. The average molecular weight is 447 g/mol. The number of nitrogens with one attached hydrogen (secondary N) is 1. The van der Waals surface area contributed by atoms with Gasteiger partial charge in [-0.15, -0.1) is 0 Å². The first-order chi connectivity index (χ1) is 14.3. The molecule has 152 valence electrons. The Morgan fingerprint density at radius 3 is 2.00 bits per heavy atom. The van der Waals surface area contributed by atoms with Crippen LogP contribution in [0.15, 0.2) is 87.1 Å². The van der Waals surface area contributed by atoms with Crippen LogP contribution in [-0.4, -0.2) is 13.4 Å². The molecule has 0 aliphatic rings. The molecule has 9 heteroatoms. The van der Waals surface area contributed by atoms with Gasteiger partial charge in [0.15, 0.2) is 0 Å². The van der Waals surface area contributed by atoms with Crippen molar-refractivity contribution < 1.29 is 21.6 Å². The lowest BCUT2D eigenvalue weighted by atomic mass is 10.2. The molecule has 0 saturated carbocycles. The second-order valence-corrected chi connectivity index (χ2v) is 8.55. The zero-order valence-corrected chi connectivity index (χ0v) is 16.7. The summed E-state index contributed by atoms with van der Waals surface area (Å²) < 4.78 is 58.5. The molecule has 1 N–H and O–H groups in total. The second kappa shape index (κ2) is 7.89. The average Bonchev–Trinajstić information content (AvgIpc) is 3.15. The van der Waals surface area contributed by atoms with Crippen LogP contribution >= 0.6 is 11.6 Å². The van der Waals surface area contributed by atoms with Gasteiger partial charge < -0.3 is 9.73 Å². The molecule has 0 aliphatic heterocycles. The normalized spacial score (nSPS) is 11.4. The topological polar surface area (TPSA) is 72.2 Å². The van der Waals surface area contributed by atoms with E-state index in [0.717, 1.165) is 24.3 Å². The van der Waals surface area contributed by atoms with E-state index < -0.39 is 21.5 Å². The van der Waals surface area contributed by atoms with E-state index in [9.17, 15) is 17.2 Å². The van der Waals surface area contributed by atoms with Crippen LogP contribution in [0.25, 0.3) is 11.5 Å². The third-order valence-electron chi connectivity index (χ3n) is 4.17. The van der Waals surface area contributed by atoms with Crippen molar-refractivity contribution in [2.45, 2.75) is 9.92 Å². The molecular weight excluding hydrogens is 434 g/mol. The van der Waals surface area contributed by atoms with E-state index in [1.165, 1.54) is 24.3 Å². The van der Waals surface area contributed by atoms with Gasteiger partial charge in [0.2, 0.25) is 26.6 Å². The number of halogens is 3. The Morgan fingerprint density at radius 2 is 1.40 bits per heavy atom. The first-order valence-corrected chi connectivity index (χ1v) is 10.5. The van der Waals surface area contributed by atoms with Crippen LogP contribution in [0.2, 0.25) is 5.02 Å². The zero-order valence-electron chi connectivity index (χ0n) is 15.1. The lowest BCUT2D eigenvalue weighted by molar-refractivity contribution is 0.581. The van der Waals surface area contributed by atoms with Crippen molar-refractivity contribution in [2.75, 3.05) is 5.32 Å². The molecule has 0 atom stereocenters. The van der Waals surface area contributed by atoms with Crippen molar-refractivity contribution in [3.05, 3.63) is 89.5 Å². The number of oxazole rings is 1. The molecule has 4 rings (SSSR count). The molecular formula is C21H13ClF2N2O3S. The Balaban J connectivity index is 1.83. The number of hydrogen-bond donors (Lipinski definition) is 1. The van der Waals surface area contributed by atoms with Crippen LogP contribution in [0.1, 0.15) is 0 Å². The van der Waals surface area contributed by atoms with Crippen molar-refractivity contribution in [1.82, 2.24) is 4.98 Å². The van der Waals surface area contributed by atoms with Gasteiger partial charge >= 0.3 is 0 Å². The van der Waals surface area contributed by atoms with Crippen molar-refractivity contribution >= 4 is 33.0 Å². The predicted octanol–water partition coefficient (Wildman–Crippen LogP) is 5.85. The third kappa shape index (κ3) is 4.05. The molecule has 1 aromatic heterocycles. The minimum Gasteiger partial charge on any atom is -0.419 e. The molecule has 0 radical (unpaired) electrons. The summed E-state index contributed by atoms with van der Waals surface area (Å²) in [6.07, 6.45) is 0. The maximum atomic E-state index is 13.3. The summed E-state index contributed by atoms with van der Waals surface area (Å²) in [4.78, 5) is 3.98. The van der Waals surface area contributed by atoms with Crippen LogP contribution in [0.4, 0.5) is 20.4 Å². The lowest BCUT2D eigenvalue weighted by Crippen LogP contribution is -2.05. The highest BCUT2D eigenvalue weighted by atomic mass is 35.5. The van der Waals surface area contributed by atoms with E-state index in [4.69, 9.17) is 16.0 Å². The summed E-state index contributed by atoms with van der Waals surface area (Å²) in [6, 6.07) is 16.1. The molecule has 4 aromatic rings. The SMILES string of the molecule is O=S(=O)(c1ccc(F)cc1)c1nc(-c2ccc(F)cc2)oc1Nc1ccc(Cl)cc1. The van der Waals surface area contributed by atoms with Gasteiger partial charge in [-0.3, -0.25) is 0 Å². The van der Waals surface area contributed by atoms with Crippen molar-refractivity contribution in [2.24, 2.45) is 0 Å². The molecule has 0 aliphatic carbocycles. The Kier molecular flexibility index (Phi) is 5.27. The van der Waals surface area contributed by atoms with Crippen LogP contribution in [0.5, 0.6) is 0 Å². The number of rotatable bonds is 5. The summed E-state index contributed by atoms with van der Waals surface area (Å²) in [5, 5.41) is 2.99. The third-order valence-corrected chi connectivity index (χ3v) is 6.10. The number of nitrogens with zero attached hydrogens (tertiary/aromatic N) is 1. The quantitative estimate of drug-likeness (QED) is 0.389. The van der Waals surface area contributed by atoms with Gasteiger partial charge in [-0.25, -0.2) is 17.2 Å². The molecule has 0 amide bonds. The van der Waals surface area contributed by atoms with E-state index in [-0.39, 0.29) is 21.7 Å². The fraction of sp³-hybridized carbons (Fsp3) is 0. The molecule has 3 aromatic carbocycles. The second-order valence-electron chi connectivity index (χ2n) is 6.25. The number of aromatic nitrogens is 1. The zero-order chi connectivity index (χ0) is 21.3. The standard InChI is InChI=1S/C21H13ClF2N2O3S/c22-14-3-9-17(10-4-14)25-20-21(30(27,28)18-11-7-16(24)8-12-18)26-19(29-20)13-1-5-15(23)6-2-13/h1-12,25H. The highest BCUT2D eigenvalue weighted by Gasteiger charge is 2.29. The van der Waals surface area contributed by atoms with Gasteiger partial charge in [-0.2, -0.15) is 4.98 Å². The minimum atomic E-state index is -4.14. The summed E-state index contributed by atoms with van der Waals surface area (Å²) in [5.74, 6) is -1.18. The fourth-order valence-electron chi connectivity index (χ4n) is 2.67. The number of sulfone groups is 1. The van der Waals surface area contributed by atoms with E-state index in [1.54, 1.807) is 24.3 Å². The van der Waals surface area contributed by atoms with Crippen LogP contribution < -0.4 is 5.32 Å². The van der Waals surface area contributed by atoms with Crippen LogP contribution in [-0.2, 0) is 9.84 Å². The Labute approximate surface area is 175 Å². The number of benzene rings is 3. The largest absolute Gasteiger partial charge is 0.419 e. The summed E-state index contributed by atoms with van der Waals surface area (Å²) >= 11 is 5.89. The van der Waals surface area contributed by atoms with E-state index in [0.29, 0.717) is 16.3 Å². The maximum absolute atomic E-state index is 13.3. The first-order valence-electron chi connectivity index (χ1n) is 8.63. The van der Waals surface area contributed by atoms with Crippen molar-refractivity contribution in [3.8, 4) is 11.5 Å². The molecule has 0 bridgehead atoms. The molecule has 5 nitrogen and oxygen atoms in total.